The first-order chi connectivity index (χ1) is 3.68. The SMILES string of the molecule is [CH]=CC(C)(CF)CF. The summed E-state index contributed by atoms with van der Waals surface area (Å²) < 4.78 is 23.4. The second-order valence-corrected chi connectivity index (χ2v) is 2.09. The summed E-state index contributed by atoms with van der Waals surface area (Å²) in [5, 5.41) is 0. The van der Waals surface area contributed by atoms with Gasteiger partial charge in [0.1, 0.15) is 13.3 Å². The molecule has 0 rings (SSSR count). The van der Waals surface area contributed by atoms with E-state index >= 15 is 0 Å². The van der Waals surface area contributed by atoms with Crippen LogP contribution in [0.4, 0.5) is 8.78 Å². The molecule has 0 aromatic carbocycles. The zero-order valence-corrected chi connectivity index (χ0v) is 4.82. The van der Waals surface area contributed by atoms with E-state index in [9.17, 15) is 8.78 Å². The van der Waals surface area contributed by atoms with Gasteiger partial charge in [-0.25, -0.2) is 0 Å². The van der Waals surface area contributed by atoms with Crippen molar-refractivity contribution in [2.24, 2.45) is 5.41 Å². The summed E-state index contributed by atoms with van der Waals surface area (Å²) >= 11 is 0. The predicted octanol–water partition coefficient (Wildman–Crippen LogP) is 1.92. The van der Waals surface area contributed by atoms with Gasteiger partial charge in [0.25, 0.3) is 0 Å². The Morgan fingerprint density at radius 2 is 1.88 bits per heavy atom. The fourth-order valence-corrected chi connectivity index (χ4v) is 0.125. The van der Waals surface area contributed by atoms with Gasteiger partial charge in [-0.3, -0.25) is 8.78 Å². The van der Waals surface area contributed by atoms with Crippen molar-refractivity contribution in [1.29, 1.82) is 0 Å². The third-order valence-electron chi connectivity index (χ3n) is 1.01. The molecule has 0 spiro atoms. The van der Waals surface area contributed by atoms with Crippen molar-refractivity contribution in [3.05, 3.63) is 12.7 Å². The molecule has 0 nitrogen and oxygen atoms in total. The van der Waals surface area contributed by atoms with Crippen molar-refractivity contribution in [2.45, 2.75) is 6.92 Å². The van der Waals surface area contributed by atoms with E-state index in [1.165, 1.54) is 6.92 Å². The smallest absolute Gasteiger partial charge is 0.101 e. The Bertz CT molecular complexity index is 74.6. The normalized spacial score (nSPS) is 11.4. The van der Waals surface area contributed by atoms with Crippen LogP contribution >= 0.6 is 0 Å². The molecule has 0 aromatic rings. The third kappa shape index (κ3) is 1.60. The average molecular weight is 119 g/mol. The molecule has 8 heavy (non-hydrogen) atoms. The summed E-state index contributed by atoms with van der Waals surface area (Å²) in [6.45, 7) is 4.87. The van der Waals surface area contributed by atoms with Crippen LogP contribution in [0, 0.1) is 12.0 Å². The van der Waals surface area contributed by atoms with Gasteiger partial charge in [0.2, 0.25) is 0 Å². The molecule has 0 heterocycles. The van der Waals surface area contributed by atoms with Crippen LogP contribution in [0.3, 0.4) is 0 Å². The highest BCUT2D eigenvalue weighted by molar-refractivity contribution is 4.88. The van der Waals surface area contributed by atoms with Crippen LogP contribution in [0.2, 0.25) is 0 Å². The van der Waals surface area contributed by atoms with Crippen LogP contribution in [0.15, 0.2) is 6.08 Å². The Balaban J connectivity index is 3.76. The van der Waals surface area contributed by atoms with E-state index in [0.29, 0.717) is 0 Å². The first kappa shape index (κ1) is 7.60. The zero-order valence-electron chi connectivity index (χ0n) is 4.82. The van der Waals surface area contributed by atoms with E-state index in [2.05, 4.69) is 0 Å². The van der Waals surface area contributed by atoms with E-state index in [4.69, 9.17) is 6.58 Å². The van der Waals surface area contributed by atoms with Gasteiger partial charge in [-0.1, -0.05) is 19.6 Å². The summed E-state index contributed by atoms with van der Waals surface area (Å²) in [4.78, 5) is 0. The molecular formula is C6H9F2. The van der Waals surface area contributed by atoms with E-state index in [-0.39, 0.29) is 0 Å². The maximum atomic E-state index is 11.7. The molecule has 0 saturated heterocycles. The fraction of sp³-hybridized carbons (Fsp3) is 0.667. The van der Waals surface area contributed by atoms with Gasteiger partial charge in [-0.05, 0) is 0 Å². The van der Waals surface area contributed by atoms with Crippen molar-refractivity contribution < 1.29 is 8.78 Å². The molecule has 0 aliphatic carbocycles. The minimum Gasteiger partial charge on any atom is -0.250 e. The summed E-state index contributed by atoms with van der Waals surface area (Å²) in [5.74, 6) is 0. The van der Waals surface area contributed by atoms with E-state index in [1.807, 2.05) is 0 Å². The van der Waals surface area contributed by atoms with Crippen molar-refractivity contribution >= 4 is 0 Å². The molecule has 0 saturated carbocycles. The largest absolute Gasteiger partial charge is 0.250 e. The standard InChI is InChI=1S/C6H9F2/c1-3-6(2,4-7)5-8/h1,3H,4-5H2,2H3. The highest BCUT2D eigenvalue weighted by Crippen LogP contribution is 2.17. The number of halogens is 2. The van der Waals surface area contributed by atoms with Crippen molar-refractivity contribution in [3.63, 3.8) is 0 Å². The fourth-order valence-electron chi connectivity index (χ4n) is 0.125. The lowest BCUT2D eigenvalue weighted by Crippen LogP contribution is -2.17. The second-order valence-electron chi connectivity index (χ2n) is 2.09. The van der Waals surface area contributed by atoms with Crippen LogP contribution in [0.1, 0.15) is 6.92 Å². The molecule has 0 atom stereocenters. The molecule has 1 radical (unpaired) electrons. The first-order valence-corrected chi connectivity index (χ1v) is 2.36. The van der Waals surface area contributed by atoms with Gasteiger partial charge in [0.15, 0.2) is 0 Å². The lowest BCUT2D eigenvalue weighted by Gasteiger charge is -2.14. The number of rotatable bonds is 3. The Labute approximate surface area is 48.2 Å². The number of hydrogen-bond acceptors (Lipinski definition) is 0. The highest BCUT2D eigenvalue weighted by atomic mass is 19.1. The minimum absolute atomic E-state index is 0.736. The summed E-state index contributed by atoms with van der Waals surface area (Å²) in [5.41, 5.74) is -1.06. The van der Waals surface area contributed by atoms with Crippen molar-refractivity contribution in [1.82, 2.24) is 0 Å². The molecule has 47 valence electrons. The number of allylic oxidation sites excluding steroid dienone is 1. The maximum absolute atomic E-state index is 11.7. The quantitative estimate of drug-likeness (QED) is 0.532. The third-order valence-corrected chi connectivity index (χ3v) is 1.01. The molecule has 0 aliphatic heterocycles. The second kappa shape index (κ2) is 2.80. The monoisotopic (exact) mass is 119 g/mol. The Morgan fingerprint density at radius 1 is 1.50 bits per heavy atom. The Kier molecular flexibility index (Phi) is 2.66. The Hall–Kier alpha value is -0.400. The van der Waals surface area contributed by atoms with E-state index in [0.717, 1.165) is 6.08 Å². The van der Waals surface area contributed by atoms with Gasteiger partial charge in [-0.2, -0.15) is 0 Å². The van der Waals surface area contributed by atoms with E-state index in [1.54, 1.807) is 0 Å². The van der Waals surface area contributed by atoms with Crippen LogP contribution < -0.4 is 0 Å². The molecule has 0 aliphatic rings. The minimum atomic E-state index is -1.06. The summed E-state index contributed by atoms with van der Waals surface area (Å²) in [6, 6.07) is 0. The molecule has 0 amide bonds. The first-order valence-electron chi connectivity index (χ1n) is 2.36. The summed E-state index contributed by atoms with van der Waals surface area (Å²) in [7, 11) is 0. The molecule has 0 N–H and O–H groups in total. The van der Waals surface area contributed by atoms with Crippen LogP contribution in [0.25, 0.3) is 0 Å². The molecule has 2 heteroatoms. The Morgan fingerprint density at radius 3 is 1.88 bits per heavy atom. The van der Waals surface area contributed by atoms with Gasteiger partial charge in [0.05, 0.1) is 0 Å². The zero-order chi connectivity index (χ0) is 6.62. The number of hydrogen-bond donors (Lipinski definition) is 0. The highest BCUT2D eigenvalue weighted by Gasteiger charge is 2.18. The lowest BCUT2D eigenvalue weighted by atomic mass is 9.95. The predicted molar refractivity (Wildman–Crippen MR) is 28.9 cm³/mol. The van der Waals surface area contributed by atoms with E-state index < -0.39 is 18.8 Å². The maximum Gasteiger partial charge on any atom is 0.101 e. The van der Waals surface area contributed by atoms with Crippen LogP contribution in [-0.2, 0) is 0 Å². The molecule has 0 unspecified atom stereocenters. The van der Waals surface area contributed by atoms with Gasteiger partial charge >= 0.3 is 0 Å². The molecule has 0 aromatic heterocycles. The molecule has 0 fully saturated rings. The number of alkyl halides is 2. The van der Waals surface area contributed by atoms with Gasteiger partial charge in [0, 0.05) is 5.41 Å². The van der Waals surface area contributed by atoms with Crippen molar-refractivity contribution in [3.8, 4) is 0 Å². The van der Waals surface area contributed by atoms with Crippen LogP contribution in [0.5, 0.6) is 0 Å². The topological polar surface area (TPSA) is 0 Å². The van der Waals surface area contributed by atoms with Crippen LogP contribution in [-0.4, -0.2) is 13.3 Å². The summed E-state index contributed by atoms with van der Waals surface area (Å²) in [6.07, 6.45) is 1.05. The molecular weight excluding hydrogens is 110 g/mol. The van der Waals surface area contributed by atoms with Crippen molar-refractivity contribution in [2.75, 3.05) is 13.3 Å². The van der Waals surface area contributed by atoms with Gasteiger partial charge < -0.3 is 0 Å². The lowest BCUT2D eigenvalue weighted by molar-refractivity contribution is 0.230. The molecule has 0 bridgehead atoms. The average Bonchev–Trinajstić information content (AvgIpc) is 1.87. The van der Waals surface area contributed by atoms with Gasteiger partial charge in [-0.15, -0.1) is 0 Å².